The maximum Gasteiger partial charge on any atom is 0.0422 e. The van der Waals surface area contributed by atoms with Gasteiger partial charge < -0.3 is 16.8 Å². The third-order valence-corrected chi connectivity index (χ3v) is 10.6. The first kappa shape index (κ1) is 41.3. The van der Waals surface area contributed by atoms with Crippen molar-refractivity contribution in [3.8, 4) is 0 Å². The van der Waals surface area contributed by atoms with Gasteiger partial charge in [0.2, 0.25) is 0 Å². The van der Waals surface area contributed by atoms with E-state index in [0.29, 0.717) is 30.2 Å². The number of fused-ring (bicyclic) bond motifs is 2. The summed E-state index contributed by atoms with van der Waals surface area (Å²) in [4.78, 5) is 0. The van der Waals surface area contributed by atoms with Crippen LogP contribution in [0, 0.1) is 23.7 Å². The number of hydrogen-bond donors (Lipinski definition) is 3. The van der Waals surface area contributed by atoms with Crippen molar-refractivity contribution >= 4 is 16.5 Å². The number of nitrogens with two attached hydrogens (primary N) is 2. The largest absolute Gasteiger partial charge is 0.381 e. The first-order valence-electron chi connectivity index (χ1n) is 20.1. The van der Waals surface area contributed by atoms with Gasteiger partial charge in [0.25, 0.3) is 0 Å². The van der Waals surface area contributed by atoms with Crippen molar-refractivity contribution in [1.29, 1.82) is 0 Å². The van der Waals surface area contributed by atoms with Crippen molar-refractivity contribution < 1.29 is 0 Å². The van der Waals surface area contributed by atoms with Gasteiger partial charge in [0.15, 0.2) is 0 Å². The number of nitrogens with one attached hydrogen (secondary N) is 1. The van der Waals surface area contributed by atoms with Crippen LogP contribution in [0.25, 0.3) is 10.8 Å². The summed E-state index contributed by atoms with van der Waals surface area (Å²) >= 11 is 0. The molecular formula is C50H65N3. The molecule has 0 aromatic heterocycles. The van der Waals surface area contributed by atoms with Gasteiger partial charge in [-0.1, -0.05) is 185 Å². The molecule has 5 unspecified atom stereocenters. The van der Waals surface area contributed by atoms with Crippen LogP contribution in [0.15, 0.2) is 175 Å². The second-order valence-electron chi connectivity index (χ2n) is 14.7. The van der Waals surface area contributed by atoms with Crippen molar-refractivity contribution in [3.63, 3.8) is 0 Å². The Bertz CT molecular complexity index is 1730. The third kappa shape index (κ3) is 13.8. The Morgan fingerprint density at radius 3 is 2.49 bits per heavy atom. The second kappa shape index (κ2) is 23.3. The lowest BCUT2D eigenvalue weighted by Gasteiger charge is -2.36. The quantitative estimate of drug-likeness (QED) is 0.0894. The summed E-state index contributed by atoms with van der Waals surface area (Å²) in [7, 11) is 0. The maximum atomic E-state index is 6.37. The fraction of sp³-hybridized carbons (Fsp3) is 0.360. The van der Waals surface area contributed by atoms with E-state index < -0.39 is 0 Å². The smallest absolute Gasteiger partial charge is 0.0422 e. The normalized spacial score (nSPS) is 20.3. The molecule has 5 N–H and O–H groups in total. The van der Waals surface area contributed by atoms with Crippen LogP contribution < -0.4 is 16.8 Å². The summed E-state index contributed by atoms with van der Waals surface area (Å²) in [5.74, 6) is 1.99. The Morgan fingerprint density at radius 2 is 1.66 bits per heavy atom. The van der Waals surface area contributed by atoms with Crippen molar-refractivity contribution in [2.24, 2.45) is 35.1 Å². The molecule has 0 heterocycles. The van der Waals surface area contributed by atoms with E-state index >= 15 is 0 Å². The maximum absolute atomic E-state index is 6.37. The Labute approximate surface area is 321 Å². The van der Waals surface area contributed by atoms with Crippen LogP contribution in [0.4, 0.5) is 5.69 Å². The van der Waals surface area contributed by atoms with Gasteiger partial charge in [-0.2, -0.15) is 0 Å². The summed E-state index contributed by atoms with van der Waals surface area (Å²) in [5.41, 5.74) is 17.3. The molecule has 0 fully saturated rings. The molecule has 2 aliphatic rings. The van der Waals surface area contributed by atoms with Gasteiger partial charge in [-0.25, -0.2) is 0 Å². The number of rotatable bonds is 21. The summed E-state index contributed by atoms with van der Waals surface area (Å²) in [6.45, 7) is 11.6. The average Bonchev–Trinajstić information content (AvgIpc) is 3.17. The molecule has 0 radical (unpaired) electrons. The molecule has 0 saturated heterocycles. The van der Waals surface area contributed by atoms with E-state index in [1.165, 1.54) is 42.1 Å². The van der Waals surface area contributed by atoms with Crippen LogP contribution in [0.3, 0.4) is 0 Å². The standard InChI is InChI=1S/C50H65N3/c1-5-6-7-8-9-13-28-45(52)29-16-14-24-42(41(4)53-50-33-20-27-43-26-15-17-31-48(43)50)35-34-40(3)46-37-36-44(47-30-18-19-32-49(46)47)25-12-10-11-22-39(2)23-21-38-51/h8-24,26-33,40-42,44-45,47,53H,2,5-7,25,34-38,51-52H2,1,3-4H3/b9-8-,12-10-,22-11+,23-21-,24-14+,28-13+,29-16-/t40?,41?,42?,44-,45?,47?/m1/s1. The lowest BCUT2D eigenvalue weighted by Crippen LogP contribution is -2.26. The topological polar surface area (TPSA) is 64.1 Å². The summed E-state index contributed by atoms with van der Waals surface area (Å²) in [6.07, 6.45) is 48.3. The molecule has 53 heavy (non-hydrogen) atoms. The van der Waals surface area contributed by atoms with E-state index in [0.717, 1.165) is 31.3 Å². The van der Waals surface area contributed by atoms with Gasteiger partial charge in [0, 0.05) is 35.6 Å². The molecule has 0 bridgehead atoms. The van der Waals surface area contributed by atoms with Gasteiger partial charge in [-0.3, -0.25) is 0 Å². The number of unbranched alkanes of at least 4 members (excludes halogenated alkanes) is 2. The minimum absolute atomic E-state index is 0.106. The molecular weight excluding hydrogens is 643 g/mol. The van der Waals surface area contributed by atoms with Gasteiger partial charge in [-0.15, -0.1) is 0 Å². The second-order valence-corrected chi connectivity index (χ2v) is 14.7. The first-order valence-corrected chi connectivity index (χ1v) is 20.1. The van der Waals surface area contributed by atoms with Crippen LogP contribution in [-0.4, -0.2) is 18.6 Å². The number of benzene rings is 2. The zero-order valence-corrected chi connectivity index (χ0v) is 32.6. The highest BCUT2D eigenvalue weighted by atomic mass is 14.9. The minimum atomic E-state index is -0.106. The Hall–Kier alpha value is -4.44. The molecule has 0 spiro atoms. The summed E-state index contributed by atoms with van der Waals surface area (Å²) in [6, 6.07) is 15.3. The van der Waals surface area contributed by atoms with E-state index in [2.05, 4.69) is 166 Å². The zero-order chi connectivity index (χ0) is 37.7. The van der Waals surface area contributed by atoms with Crippen LogP contribution in [0.2, 0.25) is 0 Å². The number of allylic oxidation sites excluding steroid dienone is 17. The highest BCUT2D eigenvalue weighted by molar-refractivity contribution is 5.93. The van der Waals surface area contributed by atoms with E-state index in [1.54, 1.807) is 11.1 Å². The minimum Gasteiger partial charge on any atom is -0.381 e. The van der Waals surface area contributed by atoms with Crippen LogP contribution in [0.1, 0.15) is 72.1 Å². The molecule has 3 nitrogen and oxygen atoms in total. The van der Waals surface area contributed by atoms with Crippen molar-refractivity contribution in [2.45, 2.75) is 84.2 Å². The highest BCUT2D eigenvalue weighted by Gasteiger charge is 2.31. The van der Waals surface area contributed by atoms with Crippen LogP contribution in [-0.2, 0) is 0 Å². The third-order valence-electron chi connectivity index (χ3n) is 10.6. The average molecular weight is 708 g/mol. The predicted octanol–water partition coefficient (Wildman–Crippen LogP) is 12.4. The molecule has 2 aromatic carbocycles. The molecule has 4 rings (SSSR count). The van der Waals surface area contributed by atoms with Gasteiger partial charge in [-0.05, 0) is 85.8 Å². The van der Waals surface area contributed by atoms with Gasteiger partial charge >= 0.3 is 0 Å². The number of hydrogen-bond acceptors (Lipinski definition) is 3. The molecule has 0 amide bonds. The van der Waals surface area contributed by atoms with E-state index in [9.17, 15) is 0 Å². The molecule has 0 saturated carbocycles. The van der Waals surface area contributed by atoms with Gasteiger partial charge in [0.1, 0.15) is 0 Å². The summed E-state index contributed by atoms with van der Waals surface area (Å²) < 4.78 is 0. The Morgan fingerprint density at radius 1 is 0.887 bits per heavy atom. The van der Waals surface area contributed by atoms with Crippen LogP contribution in [0.5, 0.6) is 0 Å². The monoisotopic (exact) mass is 708 g/mol. The van der Waals surface area contributed by atoms with Crippen molar-refractivity contribution in [2.75, 3.05) is 11.9 Å². The fourth-order valence-electron chi connectivity index (χ4n) is 7.52. The molecule has 0 aliphatic heterocycles. The zero-order valence-electron chi connectivity index (χ0n) is 32.6. The van der Waals surface area contributed by atoms with Crippen molar-refractivity contribution in [3.05, 3.63) is 175 Å². The molecule has 2 aromatic rings. The lowest BCUT2D eigenvalue weighted by atomic mass is 9.69. The highest BCUT2D eigenvalue weighted by Crippen LogP contribution is 2.43. The number of anilines is 1. The van der Waals surface area contributed by atoms with E-state index in [1.807, 2.05) is 18.2 Å². The lowest BCUT2D eigenvalue weighted by molar-refractivity contribution is 0.364. The first-order chi connectivity index (χ1) is 25.9. The fourth-order valence-corrected chi connectivity index (χ4v) is 7.52. The molecule has 280 valence electrons. The van der Waals surface area contributed by atoms with Crippen molar-refractivity contribution in [1.82, 2.24) is 0 Å². The molecule has 2 aliphatic carbocycles. The SMILES string of the molecule is C=C(/C=C\CN)/C=C/C=C\C[C@@H]1CCC(C(C)CCC(/C=C/C=C\C(N)/C=C/C=C\CCCC)C(C)Nc2cccc3ccccc23)=C2C=CC=CC21. The van der Waals surface area contributed by atoms with Crippen LogP contribution >= 0.6 is 0 Å². The van der Waals surface area contributed by atoms with E-state index in [4.69, 9.17) is 11.5 Å². The van der Waals surface area contributed by atoms with Gasteiger partial charge in [0.05, 0.1) is 0 Å². The Kier molecular flexibility index (Phi) is 18.1. The molecule has 6 atom stereocenters. The van der Waals surface area contributed by atoms with E-state index in [-0.39, 0.29) is 12.1 Å². The molecule has 3 heteroatoms. The predicted molar refractivity (Wildman–Crippen MR) is 235 cm³/mol. The summed E-state index contributed by atoms with van der Waals surface area (Å²) in [5, 5.41) is 6.43. The Balaban J connectivity index is 1.44.